The summed E-state index contributed by atoms with van der Waals surface area (Å²) in [6.45, 7) is 4.96. The first-order valence-electron chi connectivity index (χ1n) is 10.2. The monoisotopic (exact) mass is 490 g/mol. The van der Waals surface area contributed by atoms with Gasteiger partial charge >= 0.3 is 5.97 Å². The Kier molecular flexibility index (Phi) is 9.37. The van der Waals surface area contributed by atoms with Crippen LogP contribution >= 0.6 is 11.3 Å². The molecule has 1 heterocycles. The normalized spacial score (nSPS) is 10.2. The Hall–Kier alpha value is -3.66. The second-order valence-electron chi connectivity index (χ2n) is 7.05. The number of ether oxygens (including phenoxy) is 1. The van der Waals surface area contributed by atoms with E-state index in [4.69, 9.17) is 9.53 Å². The van der Waals surface area contributed by atoms with E-state index in [1.807, 2.05) is 0 Å². The van der Waals surface area contributed by atoms with Gasteiger partial charge in [0.15, 0.2) is 0 Å². The second kappa shape index (κ2) is 12.0. The number of carbonyl (C=O) groups is 2. The van der Waals surface area contributed by atoms with Gasteiger partial charge in [0.2, 0.25) is 0 Å². The molecule has 180 valence electrons. The Balaban J connectivity index is 0.00000129. The number of nitro groups is 1. The van der Waals surface area contributed by atoms with Crippen LogP contribution in [-0.4, -0.2) is 30.8 Å². The number of nitro benzene ring substituents is 1. The molecule has 3 aromatic rings. The van der Waals surface area contributed by atoms with Crippen molar-refractivity contribution < 1.29 is 28.0 Å². The molecule has 0 amide bonds. The van der Waals surface area contributed by atoms with E-state index in [1.54, 1.807) is 37.9 Å². The van der Waals surface area contributed by atoms with Crippen LogP contribution in [0.3, 0.4) is 0 Å². The van der Waals surface area contributed by atoms with E-state index < -0.39 is 22.5 Å². The zero-order valence-corrected chi connectivity index (χ0v) is 19.9. The second-order valence-corrected chi connectivity index (χ2v) is 8.05. The van der Waals surface area contributed by atoms with Crippen molar-refractivity contribution in [2.45, 2.75) is 27.3 Å². The molecule has 10 heteroatoms. The molecule has 0 saturated heterocycles. The Morgan fingerprint density at radius 2 is 1.74 bits per heavy atom. The summed E-state index contributed by atoms with van der Waals surface area (Å²) in [6, 6.07) is 9.63. The van der Waals surface area contributed by atoms with Crippen molar-refractivity contribution in [2.75, 3.05) is 18.6 Å². The summed E-state index contributed by atoms with van der Waals surface area (Å²) >= 11 is 1.26. The van der Waals surface area contributed by atoms with Gasteiger partial charge in [-0.25, -0.2) is 13.6 Å². The van der Waals surface area contributed by atoms with Crippen LogP contribution in [-0.2, 0) is 16.1 Å². The molecule has 0 N–H and O–H groups in total. The lowest BCUT2D eigenvalue weighted by Crippen LogP contribution is -2.20. The largest absolute Gasteiger partial charge is 0.462 e. The topological polar surface area (TPSA) is 89.8 Å². The maximum Gasteiger partial charge on any atom is 0.341 e. The summed E-state index contributed by atoms with van der Waals surface area (Å²) in [5, 5.41) is 11.4. The minimum atomic E-state index is -0.673. The van der Waals surface area contributed by atoms with E-state index in [2.05, 4.69) is 0 Å². The van der Waals surface area contributed by atoms with Crippen molar-refractivity contribution in [2.24, 2.45) is 0 Å². The highest BCUT2D eigenvalue weighted by atomic mass is 32.1. The first-order chi connectivity index (χ1) is 16.2. The number of non-ortho nitro benzene ring substituents is 1. The highest BCUT2D eigenvalue weighted by Crippen LogP contribution is 2.42. The van der Waals surface area contributed by atoms with Gasteiger partial charge in [0, 0.05) is 36.2 Å². The summed E-state index contributed by atoms with van der Waals surface area (Å²) in [5.41, 5.74) is 1.47. The molecular weight excluding hydrogens is 466 g/mol. The molecule has 3 rings (SSSR count). The fraction of sp³-hybridized carbons (Fsp3) is 0.250. The molecule has 2 aromatic carbocycles. The molecule has 0 aliphatic rings. The highest BCUT2D eigenvalue weighted by molar-refractivity contribution is 7.20. The number of hydrogen-bond donors (Lipinski definition) is 0. The van der Waals surface area contributed by atoms with Crippen LogP contribution in [0.4, 0.5) is 19.5 Å². The predicted octanol–water partition coefficient (Wildman–Crippen LogP) is 5.93. The van der Waals surface area contributed by atoms with Gasteiger partial charge in [-0.1, -0.05) is 6.07 Å². The number of anilines is 1. The molecule has 1 aromatic heterocycles. The smallest absolute Gasteiger partial charge is 0.341 e. The van der Waals surface area contributed by atoms with Gasteiger partial charge in [-0.2, -0.15) is 0 Å². The summed E-state index contributed by atoms with van der Waals surface area (Å²) in [4.78, 5) is 34.2. The van der Waals surface area contributed by atoms with Crippen LogP contribution in [0.2, 0.25) is 0 Å². The number of nitrogens with zero attached hydrogens (tertiary/aromatic N) is 2. The number of benzene rings is 2. The lowest BCUT2D eigenvalue weighted by atomic mass is 10.1. The molecule has 0 atom stereocenters. The van der Waals surface area contributed by atoms with Gasteiger partial charge in [-0.15, -0.1) is 11.3 Å². The lowest BCUT2D eigenvalue weighted by molar-refractivity contribution is -0.384. The summed E-state index contributed by atoms with van der Waals surface area (Å²) in [6.07, 6.45) is 0.750. The summed E-state index contributed by atoms with van der Waals surface area (Å²) in [7, 11) is 1.64. The Morgan fingerprint density at radius 3 is 2.24 bits per heavy atom. The van der Waals surface area contributed by atoms with Gasteiger partial charge in [0.1, 0.15) is 22.9 Å². The molecule has 0 radical (unpaired) electrons. The molecular formula is C24H24F2N2O5S. The van der Waals surface area contributed by atoms with Gasteiger partial charge in [0.25, 0.3) is 5.69 Å². The number of esters is 1. The molecule has 0 fully saturated rings. The summed E-state index contributed by atoms with van der Waals surface area (Å²) in [5.74, 6) is -1.89. The fourth-order valence-electron chi connectivity index (χ4n) is 3.21. The quantitative estimate of drug-likeness (QED) is 0.177. The fourth-order valence-corrected chi connectivity index (χ4v) is 4.47. The third kappa shape index (κ3) is 6.02. The van der Waals surface area contributed by atoms with Crippen molar-refractivity contribution in [3.05, 3.63) is 80.9 Å². The van der Waals surface area contributed by atoms with Crippen LogP contribution in [0.15, 0.2) is 42.5 Å². The van der Waals surface area contributed by atoms with E-state index >= 15 is 0 Å². The molecule has 7 nitrogen and oxygen atoms in total. The van der Waals surface area contributed by atoms with Crippen LogP contribution in [0.1, 0.15) is 35.3 Å². The van der Waals surface area contributed by atoms with E-state index in [9.17, 15) is 23.7 Å². The zero-order chi connectivity index (χ0) is 25.4. The highest BCUT2D eigenvalue weighted by Gasteiger charge is 2.26. The zero-order valence-electron chi connectivity index (χ0n) is 19.1. The molecule has 0 aliphatic carbocycles. The minimum Gasteiger partial charge on any atom is -0.462 e. The average molecular weight is 491 g/mol. The molecule has 34 heavy (non-hydrogen) atoms. The lowest BCUT2D eigenvalue weighted by Gasteiger charge is -2.20. The number of thiophene rings is 1. The van der Waals surface area contributed by atoms with Gasteiger partial charge < -0.3 is 14.4 Å². The van der Waals surface area contributed by atoms with Gasteiger partial charge in [-0.3, -0.25) is 10.1 Å². The van der Waals surface area contributed by atoms with Crippen molar-refractivity contribution in [3.8, 4) is 10.4 Å². The Bertz CT molecular complexity index is 1160. The first kappa shape index (κ1) is 26.6. The van der Waals surface area contributed by atoms with E-state index in [1.165, 1.54) is 48.6 Å². The van der Waals surface area contributed by atoms with E-state index in [0.717, 1.165) is 6.29 Å². The predicted molar refractivity (Wildman–Crippen MR) is 127 cm³/mol. The van der Waals surface area contributed by atoms with Crippen molar-refractivity contribution >= 4 is 34.3 Å². The number of hydrogen-bond acceptors (Lipinski definition) is 7. The van der Waals surface area contributed by atoms with E-state index in [-0.39, 0.29) is 24.4 Å². The standard InChI is InChI=1S/C22H20F2N2O4S.C2H4O/c1-4-30-22(27)19-13(2)20(14-8-10-15(11-9-14)26(28)29)31-21(19)25(3)12-16-17(23)6-5-7-18(16)24;1-2-3/h5-11H,4,12H2,1-3H3;2H,1H3. The minimum absolute atomic E-state index is 0.0454. The SMILES string of the molecule is CC=O.CCOC(=O)c1c(N(C)Cc2c(F)cccc2F)sc(-c2ccc([N+](=O)[O-])cc2)c1C. The molecule has 0 spiro atoms. The number of aldehydes is 1. The molecule has 0 saturated carbocycles. The summed E-state index contributed by atoms with van der Waals surface area (Å²) < 4.78 is 33.5. The molecule has 0 unspecified atom stereocenters. The molecule has 0 aliphatic heterocycles. The maximum absolute atomic E-state index is 14.1. The number of halogens is 2. The average Bonchev–Trinajstić information content (AvgIpc) is 3.14. The van der Waals surface area contributed by atoms with Crippen LogP contribution < -0.4 is 4.90 Å². The van der Waals surface area contributed by atoms with Crippen molar-refractivity contribution in [1.29, 1.82) is 0 Å². The molecule has 0 bridgehead atoms. The Labute approximate surface area is 199 Å². The third-order valence-corrected chi connectivity index (χ3v) is 6.21. The Morgan fingerprint density at radius 1 is 1.18 bits per heavy atom. The van der Waals surface area contributed by atoms with Crippen molar-refractivity contribution in [3.63, 3.8) is 0 Å². The van der Waals surface area contributed by atoms with Crippen molar-refractivity contribution in [1.82, 2.24) is 0 Å². The third-order valence-electron chi connectivity index (χ3n) is 4.75. The van der Waals surface area contributed by atoms with Crippen LogP contribution in [0, 0.1) is 28.7 Å². The van der Waals surface area contributed by atoms with Crippen LogP contribution in [0.25, 0.3) is 10.4 Å². The van der Waals surface area contributed by atoms with Gasteiger partial charge in [-0.05, 0) is 56.2 Å². The van der Waals surface area contributed by atoms with E-state index in [0.29, 0.717) is 26.6 Å². The number of carbonyl (C=O) groups excluding carboxylic acids is 2. The first-order valence-corrected chi connectivity index (χ1v) is 11.1. The van der Waals surface area contributed by atoms with Gasteiger partial charge in [0.05, 0.1) is 17.1 Å². The van der Waals surface area contributed by atoms with Crippen LogP contribution in [0.5, 0.6) is 0 Å². The number of rotatable bonds is 7. The maximum atomic E-state index is 14.1.